The van der Waals surface area contributed by atoms with Crippen molar-refractivity contribution in [2.75, 3.05) is 19.1 Å². The summed E-state index contributed by atoms with van der Waals surface area (Å²) in [7, 11) is 1.66. The van der Waals surface area contributed by atoms with E-state index in [9.17, 15) is 9.90 Å². The largest absolute Gasteiger partial charge is 0.497 e. The van der Waals surface area contributed by atoms with Crippen molar-refractivity contribution in [3.05, 3.63) is 70.9 Å². The molecule has 2 N–H and O–H groups in total. The first-order valence-corrected chi connectivity index (χ1v) is 11.4. The summed E-state index contributed by atoms with van der Waals surface area (Å²) in [5.41, 5.74) is 3.08. The van der Waals surface area contributed by atoms with Crippen molar-refractivity contribution in [1.82, 2.24) is 5.32 Å². The summed E-state index contributed by atoms with van der Waals surface area (Å²) in [6, 6.07) is 15.4. The van der Waals surface area contributed by atoms with E-state index in [0.717, 1.165) is 33.5 Å². The van der Waals surface area contributed by atoms with Crippen LogP contribution in [-0.2, 0) is 11.2 Å². The van der Waals surface area contributed by atoms with E-state index in [1.165, 1.54) is 5.56 Å². The quantitative estimate of drug-likeness (QED) is 0.620. The zero-order chi connectivity index (χ0) is 20.8. The van der Waals surface area contributed by atoms with Crippen LogP contribution in [0, 0.1) is 0 Å². The van der Waals surface area contributed by atoms with Crippen LogP contribution in [0.25, 0.3) is 0 Å². The van der Waals surface area contributed by atoms with Crippen LogP contribution in [0.15, 0.2) is 69.7 Å². The SMILES string of the molecule is COc1ccc(CCSC2=NC(c3ccccc3SC)C(C(=O)O)=C(C)N2)cc1. The number of carboxylic acids is 1. The summed E-state index contributed by atoms with van der Waals surface area (Å²) in [5.74, 6) is 0.740. The van der Waals surface area contributed by atoms with E-state index >= 15 is 0 Å². The van der Waals surface area contributed by atoms with Crippen LogP contribution >= 0.6 is 23.5 Å². The standard InChI is InChI=1S/C22H24N2O3S2/c1-14-19(21(25)26)20(17-6-4-5-7-18(17)28-3)24-22(23-14)29-13-12-15-8-10-16(27-2)11-9-15/h4-11,20H,12-13H2,1-3H3,(H,23,24)(H,25,26). The number of carboxylic acid groups (broad SMARTS) is 1. The van der Waals surface area contributed by atoms with Gasteiger partial charge in [0.05, 0.1) is 12.7 Å². The second-order valence-electron chi connectivity index (χ2n) is 6.49. The lowest BCUT2D eigenvalue weighted by Gasteiger charge is -2.25. The van der Waals surface area contributed by atoms with Crippen molar-refractivity contribution < 1.29 is 14.6 Å². The van der Waals surface area contributed by atoms with Crippen LogP contribution in [0.3, 0.4) is 0 Å². The Labute approximate surface area is 179 Å². The van der Waals surface area contributed by atoms with Crippen LogP contribution in [0.4, 0.5) is 0 Å². The van der Waals surface area contributed by atoms with E-state index in [0.29, 0.717) is 11.3 Å². The number of nitrogens with zero attached hydrogens (tertiary/aromatic N) is 1. The molecule has 3 rings (SSSR count). The van der Waals surface area contributed by atoms with Gasteiger partial charge in [-0.1, -0.05) is 42.1 Å². The molecule has 0 amide bonds. The minimum atomic E-state index is -0.943. The molecule has 29 heavy (non-hydrogen) atoms. The molecule has 7 heteroatoms. The molecule has 2 aromatic rings. The molecular weight excluding hydrogens is 404 g/mol. The maximum Gasteiger partial charge on any atom is 0.335 e. The molecule has 5 nitrogen and oxygen atoms in total. The van der Waals surface area contributed by atoms with E-state index in [2.05, 4.69) is 17.4 Å². The highest BCUT2D eigenvalue weighted by molar-refractivity contribution is 8.13. The molecule has 152 valence electrons. The predicted octanol–water partition coefficient (Wildman–Crippen LogP) is 4.75. The Kier molecular flexibility index (Phi) is 7.28. The van der Waals surface area contributed by atoms with Crippen molar-refractivity contribution >= 4 is 34.7 Å². The zero-order valence-corrected chi connectivity index (χ0v) is 18.3. The Bertz CT molecular complexity index is 939. The van der Waals surface area contributed by atoms with E-state index < -0.39 is 12.0 Å². The molecule has 1 atom stereocenters. The van der Waals surface area contributed by atoms with E-state index in [1.54, 1.807) is 37.6 Å². The van der Waals surface area contributed by atoms with Gasteiger partial charge in [-0.2, -0.15) is 0 Å². The molecular formula is C22H24N2O3S2. The molecule has 0 saturated carbocycles. The number of allylic oxidation sites excluding steroid dienone is 1. The van der Waals surface area contributed by atoms with Gasteiger partial charge in [-0.25, -0.2) is 9.79 Å². The molecule has 0 radical (unpaired) electrons. The number of hydrogen-bond acceptors (Lipinski definition) is 6. The Balaban J connectivity index is 1.77. The normalized spacial score (nSPS) is 16.2. The Hall–Kier alpha value is -2.38. The van der Waals surface area contributed by atoms with Gasteiger partial charge < -0.3 is 15.2 Å². The van der Waals surface area contributed by atoms with Gasteiger partial charge in [-0.05, 0) is 48.9 Å². The lowest BCUT2D eigenvalue weighted by atomic mass is 9.96. The lowest BCUT2D eigenvalue weighted by Crippen LogP contribution is -2.30. The summed E-state index contributed by atoms with van der Waals surface area (Å²) in [6.45, 7) is 1.80. The van der Waals surface area contributed by atoms with Gasteiger partial charge >= 0.3 is 5.97 Å². The third-order valence-electron chi connectivity index (χ3n) is 4.67. The number of thioether (sulfide) groups is 2. The first kappa shape index (κ1) is 21.3. The third-order valence-corrected chi connectivity index (χ3v) is 6.37. The minimum absolute atomic E-state index is 0.297. The predicted molar refractivity (Wildman–Crippen MR) is 121 cm³/mol. The zero-order valence-electron chi connectivity index (χ0n) is 16.6. The van der Waals surface area contributed by atoms with E-state index in [1.807, 2.05) is 42.7 Å². The number of amidine groups is 1. The molecule has 0 saturated heterocycles. The summed E-state index contributed by atoms with van der Waals surface area (Å²) in [5, 5.41) is 13.7. The smallest absolute Gasteiger partial charge is 0.335 e. The molecule has 1 heterocycles. The topological polar surface area (TPSA) is 70.9 Å². The van der Waals surface area contributed by atoms with E-state index in [4.69, 9.17) is 9.73 Å². The number of nitrogens with one attached hydrogen (secondary N) is 1. The number of ether oxygens (including phenoxy) is 1. The highest BCUT2D eigenvalue weighted by Crippen LogP contribution is 2.36. The first-order valence-electron chi connectivity index (χ1n) is 9.21. The Morgan fingerprint density at radius 2 is 1.93 bits per heavy atom. The van der Waals surface area contributed by atoms with Gasteiger partial charge in [0.25, 0.3) is 0 Å². The maximum atomic E-state index is 11.9. The fourth-order valence-corrected chi connectivity index (χ4v) is 4.74. The van der Waals surface area contributed by atoms with Crippen molar-refractivity contribution in [2.45, 2.75) is 24.3 Å². The monoisotopic (exact) mass is 428 g/mol. The van der Waals surface area contributed by atoms with E-state index in [-0.39, 0.29) is 0 Å². The number of rotatable bonds is 7. The molecule has 2 aromatic carbocycles. The van der Waals surface area contributed by atoms with Gasteiger partial charge in [0.2, 0.25) is 0 Å². The number of aryl methyl sites for hydroxylation is 1. The fraction of sp³-hybridized carbons (Fsp3) is 0.273. The molecule has 0 bridgehead atoms. The van der Waals surface area contributed by atoms with Crippen LogP contribution in [0.1, 0.15) is 24.1 Å². The first-order chi connectivity index (χ1) is 14.0. The molecule has 0 aromatic heterocycles. The average Bonchev–Trinajstić information content (AvgIpc) is 2.73. The highest BCUT2D eigenvalue weighted by atomic mass is 32.2. The minimum Gasteiger partial charge on any atom is -0.497 e. The molecule has 1 unspecified atom stereocenters. The number of benzene rings is 2. The van der Waals surface area contributed by atoms with Gasteiger partial charge in [-0.15, -0.1) is 11.8 Å². The summed E-state index contributed by atoms with van der Waals surface area (Å²) in [4.78, 5) is 17.7. The highest BCUT2D eigenvalue weighted by Gasteiger charge is 2.30. The maximum absolute atomic E-state index is 11.9. The molecule has 0 aliphatic carbocycles. The molecule has 1 aliphatic rings. The number of aliphatic carboxylic acids is 1. The summed E-state index contributed by atoms with van der Waals surface area (Å²) < 4.78 is 5.19. The Morgan fingerprint density at radius 1 is 1.21 bits per heavy atom. The summed E-state index contributed by atoms with van der Waals surface area (Å²) in [6.07, 6.45) is 2.88. The van der Waals surface area contributed by atoms with Crippen molar-refractivity contribution in [3.8, 4) is 5.75 Å². The second-order valence-corrected chi connectivity index (χ2v) is 8.43. The summed E-state index contributed by atoms with van der Waals surface area (Å²) >= 11 is 3.21. The third kappa shape index (κ3) is 5.16. The van der Waals surface area contributed by atoms with Crippen molar-refractivity contribution in [1.29, 1.82) is 0 Å². The molecule has 0 fully saturated rings. The van der Waals surface area contributed by atoms with Crippen molar-refractivity contribution in [3.63, 3.8) is 0 Å². The Morgan fingerprint density at radius 3 is 2.59 bits per heavy atom. The average molecular weight is 429 g/mol. The molecule has 0 spiro atoms. The van der Waals surface area contributed by atoms with Gasteiger partial charge in [0.15, 0.2) is 5.17 Å². The van der Waals surface area contributed by atoms with Crippen LogP contribution < -0.4 is 10.1 Å². The number of methoxy groups -OCH3 is 1. The fourth-order valence-electron chi connectivity index (χ4n) is 3.17. The van der Waals surface area contributed by atoms with Crippen molar-refractivity contribution in [2.24, 2.45) is 4.99 Å². The number of hydrogen-bond donors (Lipinski definition) is 2. The van der Waals surface area contributed by atoms with Crippen LogP contribution in [-0.4, -0.2) is 35.4 Å². The van der Waals surface area contributed by atoms with Crippen LogP contribution in [0.2, 0.25) is 0 Å². The van der Waals surface area contributed by atoms with Gasteiger partial charge in [-0.3, -0.25) is 0 Å². The number of aliphatic imine (C=N–C) groups is 1. The number of carbonyl (C=O) groups is 1. The second kappa shape index (κ2) is 9.89. The molecule has 1 aliphatic heterocycles. The van der Waals surface area contributed by atoms with Crippen LogP contribution in [0.5, 0.6) is 5.75 Å². The lowest BCUT2D eigenvalue weighted by molar-refractivity contribution is -0.133. The van der Waals surface area contributed by atoms with Gasteiger partial charge in [0.1, 0.15) is 11.8 Å². The van der Waals surface area contributed by atoms with Gasteiger partial charge in [0, 0.05) is 16.3 Å².